The maximum atomic E-state index is 12.6. The molecule has 8 heteroatoms. The number of hydrogen-bond donors (Lipinski definition) is 2. The number of aryl methyl sites for hydroxylation is 1. The number of hydrogen-bond acceptors (Lipinski definition) is 5. The SMILES string of the molecule is CCc1cc(I)ccc1NC(=S)NC(=O)c1cc(OC)c(OC)c(OC)c1. The van der Waals surface area contributed by atoms with E-state index in [0.717, 1.165) is 21.2 Å². The molecule has 2 aromatic carbocycles. The smallest absolute Gasteiger partial charge is 0.257 e. The quantitative estimate of drug-likeness (QED) is 0.462. The van der Waals surface area contributed by atoms with Crippen LogP contribution in [0.1, 0.15) is 22.8 Å². The maximum Gasteiger partial charge on any atom is 0.257 e. The van der Waals surface area contributed by atoms with Crippen LogP contribution in [0.3, 0.4) is 0 Å². The van der Waals surface area contributed by atoms with Crippen LogP contribution in [0.4, 0.5) is 5.69 Å². The summed E-state index contributed by atoms with van der Waals surface area (Å²) in [6, 6.07) is 9.14. The maximum absolute atomic E-state index is 12.6. The number of carbonyl (C=O) groups is 1. The second-order valence-corrected chi connectivity index (χ2v) is 7.13. The lowest BCUT2D eigenvalue weighted by atomic mass is 10.1. The average molecular weight is 500 g/mol. The molecule has 0 atom stereocenters. The number of amides is 1. The summed E-state index contributed by atoms with van der Waals surface area (Å²) in [4.78, 5) is 12.6. The molecule has 144 valence electrons. The van der Waals surface area contributed by atoms with Gasteiger partial charge in [0.2, 0.25) is 5.75 Å². The van der Waals surface area contributed by atoms with Gasteiger partial charge in [0.15, 0.2) is 16.6 Å². The zero-order chi connectivity index (χ0) is 20.0. The molecule has 0 fully saturated rings. The monoisotopic (exact) mass is 500 g/mol. The van der Waals surface area contributed by atoms with E-state index in [0.29, 0.717) is 22.8 Å². The molecular formula is C19H21IN2O4S. The average Bonchev–Trinajstić information content (AvgIpc) is 2.67. The van der Waals surface area contributed by atoms with Crippen LogP contribution >= 0.6 is 34.8 Å². The standard InChI is InChI=1S/C19H21IN2O4S/c1-5-11-8-13(20)6-7-14(11)21-19(27)22-18(23)12-9-15(24-2)17(26-4)16(10-12)25-3/h6-10H,5H2,1-4H3,(H2,21,22,23,27). The lowest BCUT2D eigenvalue weighted by Crippen LogP contribution is -2.34. The van der Waals surface area contributed by atoms with Gasteiger partial charge in [-0.3, -0.25) is 10.1 Å². The summed E-state index contributed by atoms with van der Waals surface area (Å²) in [6.07, 6.45) is 0.850. The van der Waals surface area contributed by atoms with Crippen molar-refractivity contribution in [2.75, 3.05) is 26.6 Å². The molecule has 0 heterocycles. The fraction of sp³-hybridized carbons (Fsp3) is 0.263. The molecule has 0 unspecified atom stereocenters. The van der Waals surface area contributed by atoms with E-state index in [1.165, 1.54) is 21.3 Å². The highest BCUT2D eigenvalue weighted by atomic mass is 127. The van der Waals surface area contributed by atoms with Crippen molar-refractivity contribution in [2.45, 2.75) is 13.3 Å². The van der Waals surface area contributed by atoms with Crippen LogP contribution in [0, 0.1) is 3.57 Å². The van der Waals surface area contributed by atoms with Gasteiger partial charge in [-0.2, -0.15) is 0 Å². The second-order valence-electron chi connectivity index (χ2n) is 5.48. The van der Waals surface area contributed by atoms with Gasteiger partial charge in [-0.15, -0.1) is 0 Å². The molecule has 0 aliphatic heterocycles. The second kappa shape index (κ2) is 9.75. The Balaban J connectivity index is 2.18. The van der Waals surface area contributed by atoms with Gasteiger partial charge < -0.3 is 19.5 Å². The number of rotatable bonds is 6. The third-order valence-corrected chi connectivity index (χ3v) is 4.73. The van der Waals surface area contributed by atoms with E-state index in [-0.39, 0.29) is 11.0 Å². The summed E-state index contributed by atoms with van der Waals surface area (Å²) < 4.78 is 17.0. The van der Waals surface area contributed by atoms with Crippen LogP contribution in [0.15, 0.2) is 30.3 Å². The molecule has 2 N–H and O–H groups in total. The lowest BCUT2D eigenvalue weighted by Gasteiger charge is -2.15. The van der Waals surface area contributed by atoms with Crippen molar-refractivity contribution in [3.8, 4) is 17.2 Å². The highest BCUT2D eigenvalue weighted by Gasteiger charge is 2.18. The van der Waals surface area contributed by atoms with Crippen LogP contribution in [0.25, 0.3) is 0 Å². The largest absolute Gasteiger partial charge is 0.493 e. The number of anilines is 1. The molecule has 0 spiro atoms. The molecule has 2 rings (SSSR count). The number of methoxy groups -OCH3 is 3. The first-order valence-corrected chi connectivity index (χ1v) is 9.62. The first-order valence-electron chi connectivity index (χ1n) is 8.14. The lowest BCUT2D eigenvalue weighted by molar-refractivity contribution is 0.0977. The van der Waals surface area contributed by atoms with E-state index in [1.54, 1.807) is 12.1 Å². The molecule has 27 heavy (non-hydrogen) atoms. The Morgan fingerprint density at radius 1 is 1.07 bits per heavy atom. The minimum Gasteiger partial charge on any atom is -0.493 e. The van der Waals surface area contributed by atoms with Crippen LogP contribution < -0.4 is 24.8 Å². The van der Waals surface area contributed by atoms with Gasteiger partial charge in [0.25, 0.3) is 5.91 Å². The molecule has 2 aromatic rings. The van der Waals surface area contributed by atoms with Crippen molar-refractivity contribution in [2.24, 2.45) is 0 Å². The molecule has 0 aromatic heterocycles. The van der Waals surface area contributed by atoms with Gasteiger partial charge in [-0.05, 0) is 77.1 Å². The summed E-state index contributed by atoms with van der Waals surface area (Å²) in [7, 11) is 4.49. The van der Waals surface area contributed by atoms with Crippen LogP contribution in [0.5, 0.6) is 17.2 Å². The third kappa shape index (κ3) is 5.23. The van der Waals surface area contributed by atoms with E-state index in [9.17, 15) is 4.79 Å². The molecule has 6 nitrogen and oxygen atoms in total. The van der Waals surface area contributed by atoms with Crippen LogP contribution in [-0.4, -0.2) is 32.3 Å². The van der Waals surface area contributed by atoms with Gasteiger partial charge in [0.05, 0.1) is 21.3 Å². The minimum atomic E-state index is -0.379. The number of carbonyl (C=O) groups excluding carboxylic acids is 1. The van der Waals surface area contributed by atoms with Gasteiger partial charge in [-0.25, -0.2) is 0 Å². The summed E-state index contributed by atoms with van der Waals surface area (Å²) in [5.41, 5.74) is 2.33. The summed E-state index contributed by atoms with van der Waals surface area (Å²) in [5.74, 6) is 0.831. The van der Waals surface area contributed by atoms with Crippen molar-refractivity contribution in [1.29, 1.82) is 0 Å². The Morgan fingerprint density at radius 2 is 1.70 bits per heavy atom. The first kappa shape index (κ1) is 21.2. The summed E-state index contributed by atoms with van der Waals surface area (Å²) in [5, 5.41) is 5.97. The number of nitrogens with one attached hydrogen (secondary N) is 2. The first-order chi connectivity index (χ1) is 12.9. The Hall–Kier alpha value is -2.07. The Kier molecular flexibility index (Phi) is 7.66. The highest BCUT2D eigenvalue weighted by Crippen LogP contribution is 2.38. The molecule has 0 bridgehead atoms. The zero-order valence-electron chi connectivity index (χ0n) is 15.5. The van der Waals surface area contributed by atoms with E-state index in [1.807, 2.05) is 12.1 Å². The molecule has 0 aliphatic rings. The molecule has 0 saturated carbocycles. The van der Waals surface area contributed by atoms with E-state index < -0.39 is 0 Å². The van der Waals surface area contributed by atoms with Crippen molar-refractivity contribution >= 4 is 51.5 Å². The Bertz CT molecular complexity index is 833. The molecule has 1 amide bonds. The molecular weight excluding hydrogens is 479 g/mol. The molecule has 0 aliphatic carbocycles. The zero-order valence-corrected chi connectivity index (χ0v) is 18.5. The summed E-state index contributed by atoms with van der Waals surface area (Å²) in [6.45, 7) is 2.06. The number of benzene rings is 2. The topological polar surface area (TPSA) is 68.8 Å². The predicted molar refractivity (Wildman–Crippen MR) is 118 cm³/mol. The Morgan fingerprint density at radius 3 is 2.22 bits per heavy atom. The normalized spacial score (nSPS) is 10.1. The van der Waals surface area contributed by atoms with Gasteiger partial charge >= 0.3 is 0 Å². The summed E-state index contributed by atoms with van der Waals surface area (Å²) >= 11 is 7.55. The molecule has 0 saturated heterocycles. The van der Waals surface area contributed by atoms with Crippen molar-refractivity contribution < 1.29 is 19.0 Å². The number of halogens is 1. The van der Waals surface area contributed by atoms with Gasteiger partial charge in [0, 0.05) is 14.8 Å². The Labute approximate surface area is 177 Å². The van der Waals surface area contributed by atoms with Crippen molar-refractivity contribution in [3.05, 3.63) is 45.0 Å². The van der Waals surface area contributed by atoms with Crippen molar-refractivity contribution in [3.63, 3.8) is 0 Å². The number of ether oxygens (including phenoxy) is 3. The molecule has 0 radical (unpaired) electrons. The van der Waals surface area contributed by atoms with E-state index in [2.05, 4.69) is 46.2 Å². The van der Waals surface area contributed by atoms with Crippen LogP contribution in [-0.2, 0) is 6.42 Å². The van der Waals surface area contributed by atoms with Crippen LogP contribution in [0.2, 0.25) is 0 Å². The van der Waals surface area contributed by atoms with Crippen molar-refractivity contribution in [1.82, 2.24) is 5.32 Å². The fourth-order valence-electron chi connectivity index (χ4n) is 2.52. The number of thiocarbonyl (C=S) groups is 1. The minimum absolute atomic E-state index is 0.213. The third-order valence-electron chi connectivity index (χ3n) is 3.85. The predicted octanol–water partition coefficient (Wildman–Crippen LogP) is 4.01. The highest BCUT2D eigenvalue weighted by molar-refractivity contribution is 14.1. The van der Waals surface area contributed by atoms with Gasteiger partial charge in [0.1, 0.15) is 0 Å². The van der Waals surface area contributed by atoms with E-state index in [4.69, 9.17) is 26.4 Å². The fourth-order valence-corrected chi connectivity index (χ4v) is 3.28. The van der Waals surface area contributed by atoms with Gasteiger partial charge in [-0.1, -0.05) is 6.92 Å². The van der Waals surface area contributed by atoms with E-state index >= 15 is 0 Å².